The van der Waals surface area contributed by atoms with Crippen LogP contribution in [-0.2, 0) is 4.79 Å². The first kappa shape index (κ1) is 15.6. The molecule has 30 valence electrons. The maximum absolute atomic E-state index is 9.13. The third-order valence-corrected chi connectivity index (χ3v) is 0.167. The summed E-state index contributed by atoms with van der Waals surface area (Å²) in [4.78, 5) is 9.13. The number of hydrogen-bond donors (Lipinski definition) is 1. The molecule has 0 aliphatic carbocycles. The van der Waals surface area contributed by atoms with Crippen LogP contribution in [0.1, 0.15) is 0 Å². The minimum atomic E-state index is -1.22. The molecule has 0 radical (unpaired) electrons. The Morgan fingerprint density at radius 1 is 1.71 bits per heavy atom. The molecule has 0 rings (SSSR count). The standard InChI is InChI=1S/C2H5NO2.Al.Mg/c3-1-2(4)5;;/h1,3H2,(H,4,5);;/q;+3;+2/p-1. The van der Waals surface area contributed by atoms with Crippen LogP contribution in [0, 0.1) is 0 Å². The van der Waals surface area contributed by atoms with Crippen molar-refractivity contribution >= 4 is 46.4 Å². The summed E-state index contributed by atoms with van der Waals surface area (Å²) in [6.07, 6.45) is 0. The van der Waals surface area contributed by atoms with E-state index in [1.54, 1.807) is 0 Å². The van der Waals surface area contributed by atoms with Gasteiger partial charge in [0.1, 0.15) is 0 Å². The molecule has 0 bridgehead atoms. The van der Waals surface area contributed by atoms with Crippen LogP contribution in [0.5, 0.6) is 0 Å². The number of carboxylic acid groups (broad SMARTS) is 1. The van der Waals surface area contributed by atoms with Crippen molar-refractivity contribution in [3.8, 4) is 0 Å². The molecule has 0 heterocycles. The van der Waals surface area contributed by atoms with Crippen LogP contribution >= 0.6 is 0 Å². The molecule has 0 saturated heterocycles. The van der Waals surface area contributed by atoms with Crippen LogP contribution in [0.2, 0.25) is 0 Å². The van der Waals surface area contributed by atoms with E-state index in [9.17, 15) is 0 Å². The maximum atomic E-state index is 9.13. The van der Waals surface area contributed by atoms with Crippen LogP contribution in [-0.4, -0.2) is 52.9 Å². The second-order valence-corrected chi connectivity index (χ2v) is 0.576. The van der Waals surface area contributed by atoms with Gasteiger partial charge in [-0.25, -0.2) is 0 Å². The Morgan fingerprint density at radius 2 is 1.86 bits per heavy atom. The van der Waals surface area contributed by atoms with E-state index in [0.717, 1.165) is 0 Å². The molecule has 0 aliphatic rings. The SMILES string of the molecule is NCC(=O)[O-].[Al+3].[Mg+2]. The fourth-order valence-corrected chi connectivity index (χ4v) is 0. The number of hydrogen-bond acceptors (Lipinski definition) is 3. The molecule has 0 aliphatic heterocycles. The zero-order valence-corrected chi connectivity index (χ0v) is 6.45. The topological polar surface area (TPSA) is 66.2 Å². The van der Waals surface area contributed by atoms with E-state index >= 15 is 0 Å². The Bertz CT molecular complexity index is 51.0. The number of rotatable bonds is 1. The van der Waals surface area contributed by atoms with Crippen LogP contribution in [0.15, 0.2) is 0 Å². The Balaban J connectivity index is -0.0000000800. The summed E-state index contributed by atoms with van der Waals surface area (Å²) in [7, 11) is 0. The van der Waals surface area contributed by atoms with Gasteiger partial charge in [0.2, 0.25) is 0 Å². The summed E-state index contributed by atoms with van der Waals surface area (Å²) in [6, 6.07) is 0. The van der Waals surface area contributed by atoms with Crippen LogP contribution < -0.4 is 10.8 Å². The number of carbonyl (C=O) groups is 1. The van der Waals surface area contributed by atoms with Gasteiger partial charge in [-0.15, -0.1) is 0 Å². The van der Waals surface area contributed by atoms with Crippen LogP contribution in [0.4, 0.5) is 0 Å². The van der Waals surface area contributed by atoms with Gasteiger partial charge in [-0.2, -0.15) is 0 Å². The summed E-state index contributed by atoms with van der Waals surface area (Å²) in [5.41, 5.74) is 4.51. The molecule has 0 unspecified atom stereocenters. The van der Waals surface area contributed by atoms with Crippen molar-refractivity contribution in [3.63, 3.8) is 0 Å². The van der Waals surface area contributed by atoms with Crippen molar-refractivity contribution in [2.75, 3.05) is 6.54 Å². The Labute approximate surface area is 68.5 Å². The minimum absolute atomic E-state index is 0. The monoisotopic (exact) mass is 125 g/mol. The molecule has 0 aromatic rings. The first-order valence-electron chi connectivity index (χ1n) is 1.17. The van der Waals surface area contributed by atoms with Gasteiger partial charge in [0.05, 0.1) is 5.97 Å². The first-order chi connectivity index (χ1) is 2.27. The van der Waals surface area contributed by atoms with Crippen molar-refractivity contribution in [2.24, 2.45) is 5.73 Å². The van der Waals surface area contributed by atoms with E-state index in [1.165, 1.54) is 0 Å². The molecule has 0 fully saturated rings. The van der Waals surface area contributed by atoms with Gasteiger partial charge in [0.15, 0.2) is 0 Å². The predicted molar refractivity (Wildman–Crippen MR) is 25.6 cm³/mol. The zero-order valence-electron chi connectivity index (χ0n) is 3.89. The van der Waals surface area contributed by atoms with Gasteiger partial charge in [-0.3, -0.25) is 0 Å². The molecule has 2 N–H and O–H groups in total. The molecule has 0 spiro atoms. The minimum Gasteiger partial charge on any atom is -0.549 e. The number of nitrogens with two attached hydrogens (primary N) is 1. The Morgan fingerprint density at radius 3 is 1.86 bits per heavy atom. The first-order valence-corrected chi connectivity index (χ1v) is 1.17. The second kappa shape index (κ2) is 9.88. The average molecular weight is 125 g/mol. The van der Waals surface area contributed by atoms with Gasteiger partial charge in [0, 0.05) is 6.54 Å². The van der Waals surface area contributed by atoms with Gasteiger partial charge in [0.25, 0.3) is 0 Å². The Hall–Kier alpha value is 0.729. The number of carboxylic acids is 1. The average Bonchev–Trinajstić information content (AvgIpc) is 1.38. The Kier molecular flexibility index (Phi) is 22.1. The third kappa shape index (κ3) is 20.2. The van der Waals surface area contributed by atoms with E-state index in [-0.39, 0.29) is 47.0 Å². The van der Waals surface area contributed by atoms with Crippen molar-refractivity contribution in [3.05, 3.63) is 0 Å². The molecule has 7 heavy (non-hydrogen) atoms. The van der Waals surface area contributed by atoms with Gasteiger partial charge in [-0.05, 0) is 0 Å². The largest absolute Gasteiger partial charge is 3.00 e. The molecule has 0 saturated carbocycles. The van der Waals surface area contributed by atoms with Gasteiger partial charge >= 0.3 is 40.4 Å². The summed E-state index contributed by atoms with van der Waals surface area (Å²) in [5, 5.41) is 9.13. The molecular weight excluding hydrogens is 121 g/mol. The summed E-state index contributed by atoms with van der Waals surface area (Å²) < 4.78 is 0. The van der Waals surface area contributed by atoms with Gasteiger partial charge in [-0.1, -0.05) is 0 Å². The van der Waals surface area contributed by atoms with Crippen molar-refractivity contribution in [1.82, 2.24) is 0 Å². The molecule has 0 amide bonds. The second-order valence-electron chi connectivity index (χ2n) is 0.576. The molecule has 5 heteroatoms. The summed E-state index contributed by atoms with van der Waals surface area (Å²) >= 11 is 0. The molecular formula is C2H4AlMgNO2+4. The van der Waals surface area contributed by atoms with E-state index < -0.39 is 5.97 Å². The smallest absolute Gasteiger partial charge is 0.549 e. The predicted octanol–water partition coefficient (Wildman–Crippen LogP) is -3.07. The quantitative estimate of drug-likeness (QED) is 0.378. The fraction of sp³-hybridized carbons (Fsp3) is 0.500. The fourth-order valence-electron chi connectivity index (χ4n) is 0. The van der Waals surface area contributed by atoms with E-state index in [4.69, 9.17) is 9.90 Å². The van der Waals surface area contributed by atoms with Crippen molar-refractivity contribution in [1.29, 1.82) is 0 Å². The maximum Gasteiger partial charge on any atom is 3.00 e. The van der Waals surface area contributed by atoms with Crippen LogP contribution in [0.3, 0.4) is 0 Å². The summed E-state index contributed by atoms with van der Waals surface area (Å²) in [5.74, 6) is -1.22. The van der Waals surface area contributed by atoms with Crippen molar-refractivity contribution in [2.45, 2.75) is 0 Å². The summed E-state index contributed by atoms with van der Waals surface area (Å²) in [6.45, 7) is -0.389. The zero-order chi connectivity index (χ0) is 4.28. The van der Waals surface area contributed by atoms with Gasteiger partial charge < -0.3 is 15.6 Å². The number of carbonyl (C=O) groups excluding carboxylic acids is 1. The molecule has 0 atom stereocenters. The number of aliphatic carboxylic acids is 1. The molecule has 3 nitrogen and oxygen atoms in total. The molecule has 0 aromatic heterocycles. The van der Waals surface area contributed by atoms with E-state index in [1.807, 2.05) is 0 Å². The normalized spacial score (nSPS) is 5.29. The van der Waals surface area contributed by atoms with E-state index in [2.05, 4.69) is 5.73 Å². The third-order valence-electron chi connectivity index (χ3n) is 0.167. The molecule has 0 aromatic carbocycles. The van der Waals surface area contributed by atoms with E-state index in [0.29, 0.717) is 0 Å². The van der Waals surface area contributed by atoms with Crippen LogP contribution in [0.25, 0.3) is 0 Å². The van der Waals surface area contributed by atoms with Crippen molar-refractivity contribution < 1.29 is 9.90 Å².